The van der Waals surface area contributed by atoms with E-state index >= 15 is 0 Å². The third-order valence-corrected chi connectivity index (χ3v) is 2.10. The minimum Gasteiger partial charge on any atom is -0.464 e. The Labute approximate surface area is 85.9 Å². The van der Waals surface area contributed by atoms with Crippen LogP contribution in [0.1, 0.15) is 16.2 Å². The van der Waals surface area contributed by atoms with E-state index in [0.717, 1.165) is 0 Å². The number of imidazole rings is 1. The first-order valence-corrected chi connectivity index (χ1v) is 4.42. The van der Waals surface area contributed by atoms with Crippen LogP contribution in [-0.2, 0) is 11.3 Å². The molecule has 0 amide bonds. The number of rotatable bonds is 2. The maximum absolute atomic E-state index is 11.4. The summed E-state index contributed by atoms with van der Waals surface area (Å²) in [6.45, 7) is -0.151. The number of hydrogen-bond donors (Lipinski definition) is 1. The van der Waals surface area contributed by atoms with E-state index in [1.165, 1.54) is 7.11 Å². The molecule has 0 aliphatic carbocycles. The topological polar surface area (TPSA) is 63.8 Å². The van der Waals surface area contributed by atoms with E-state index in [4.69, 9.17) is 5.11 Å². The molecule has 0 bridgehead atoms. The van der Waals surface area contributed by atoms with Gasteiger partial charge in [0.25, 0.3) is 0 Å². The summed E-state index contributed by atoms with van der Waals surface area (Å²) in [6.07, 6.45) is 1.61. The fourth-order valence-corrected chi connectivity index (χ4v) is 1.41. The molecule has 2 heterocycles. The van der Waals surface area contributed by atoms with Crippen molar-refractivity contribution in [1.82, 2.24) is 9.38 Å². The monoisotopic (exact) mass is 206 g/mol. The molecule has 1 N–H and O–H groups in total. The number of carbonyl (C=O) groups is 1. The molecular formula is C10H10N2O3. The van der Waals surface area contributed by atoms with Crippen LogP contribution in [0.25, 0.3) is 5.65 Å². The number of aromatic nitrogens is 2. The molecule has 0 fully saturated rings. The number of pyridine rings is 1. The minimum absolute atomic E-state index is 0.151. The molecule has 2 aromatic rings. The summed E-state index contributed by atoms with van der Waals surface area (Å²) in [5, 5.41) is 8.93. The Balaban J connectivity index is 2.64. The lowest BCUT2D eigenvalue weighted by Crippen LogP contribution is -2.06. The van der Waals surface area contributed by atoms with Gasteiger partial charge in [0.05, 0.1) is 19.4 Å². The van der Waals surface area contributed by atoms with Gasteiger partial charge in [0, 0.05) is 6.20 Å². The van der Waals surface area contributed by atoms with Crippen LogP contribution in [0.4, 0.5) is 0 Å². The molecule has 0 saturated carbocycles. The number of ether oxygens (including phenoxy) is 1. The van der Waals surface area contributed by atoms with Crippen molar-refractivity contribution in [2.75, 3.05) is 7.11 Å². The maximum Gasteiger partial charge on any atom is 0.355 e. The predicted octanol–water partition coefficient (Wildman–Crippen LogP) is 0.613. The molecule has 0 spiro atoms. The number of esters is 1. The molecule has 0 aliphatic rings. The highest BCUT2D eigenvalue weighted by Gasteiger charge is 2.11. The third-order valence-electron chi connectivity index (χ3n) is 2.10. The molecule has 2 aromatic heterocycles. The highest BCUT2D eigenvalue weighted by Crippen LogP contribution is 2.10. The van der Waals surface area contributed by atoms with Crippen molar-refractivity contribution in [1.29, 1.82) is 0 Å². The number of aliphatic hydroxyl groups is 1. The molecule has 2 rings (SSSR count). The lowest BCUT2D eigenvalue weighted by Gasteiger charge is -2.01. The van der Waals surface area contributed by atoms with Gasteiger partial charge in [-0.05, 0) is 12.1 Å². The summed E-state index contributed by atoms with van der Waals surface area (Å²) < 4.78 is 6.23. The van der Waals surface area contributed by atoms with E-state index in [1.807, 2.05) is 0 Å². The molecular weight excluding hydrogens is 196 g/mol. The Morgan fingerprint density at radius 1 is 1.60 bits per heavy atom. The maximum atomic E-state index is 11.4. The molecule has 0 aliphatic heterocycles. The lowest BCUT2D eigenvalue weighted by atomic mass is 10.3. The first-order valence-electron chi connectivity index (χ1n) is 4.42. The zero-order valence-corrected chi connectivity index (χ0v) is 8.17. The normalized spacial score (nSPS) is 10.5. The Morgan fingerprint density at radius 2 is 2.40 bits per heavy atom. The first-order chi connectivity index (χ1) is 7.26. The van der Waals surface area contributed by atoms with E-state index < -0.39 is 5.97 Å². The minimum atomic E-state index is -0.428. The van der Waals surface area contributed by atoms with Crippen molar-refractivity contribution in [3.05, 3.63) is 35.8 Å². The highest BCUT2D eigenvalue weighted by molar-refractivity contribution is 5.88. The molecule has 0 unspecified atom stereocenters. The zero-order chi connectivity index (χ0) is 10.8. The molecule has 0 aromatic carbocycles. The van der Waals surface area contributed by atoms with E-state index in [-0.39, 0.29) is 6.61 Å². The average Bonchev–Trinajstić information content (AvgIpc) is 2.70. The fourth-order valence-electron chi connectivity index (χ4n) is 1.41. The summed E-state index contributed by atoms with van der Waals surface area (Å²) in [6, 6.07) is 5.11. The largest absolute Gasteiger partial charge is 0.464 e. The van der Waals surface area contributed by atoms with Crippen molar-refractivity contribution in [2.45, 2.75) is 6.61 Å². The van der Waals surface area contributed by atoms with Crippen LogP contribution in [0.5, 0.6) is 0 Å². The van der Waals surface area contributed by atoms with Crippen LogP contribution in [0.2, 0.25) is 0 Å². The molecule has 5 nitrogen and oxygen atoms in total. The molecule has 0 saturated heterocycles. The summed E-state index contributed by atoms with van der Waals surface area (Å²) in [7, 11) is 1.32. The van der Waals surface area contributed by atoms with Crippen LogP contribution >= 0.6 is 0 Å². The van der Waals surface area contributed by atoms with E-state index in [9.17, 15) is 4.79 Å². The Kier molecular flexibility index (Phi) is 2.39. The van der Waals surface area contributed by atoms with Crippen molar-refractivity contribution in [2.24, 2.45) is 0 Å². The first kappa shape index (κ1) is 9.67. The summed E-state index contributed by atoms with van der Waals surface area (Å²) in [4.78, 5) is 15.5. The third kappa shape index (κ3) is 1.57. The van der Waals surface area contributed by atoms with Crippen molar-refractivity contribution < 1.29 is 14.6 Å². The number of fused-ring (bicyclic) bond motifs is 1. The predicted molar refractivity (Wildman–Crippen MR) is 52.5 cm³/mol. The van der Waals surface area contributed by atoms with Gasteiger partial charge in [-0.15, -0.1) is 0 Å². The highest BCUT2D eigenvalue weighted by atomic mass is 16.5. The average molecular weight is 206 g/mol. The van der Waals surface area contributed by atoms with Gasteiger partial charge < -0.3 is 9.84 Å². The Hall–Kier alpha value is -1.88. The van der Waals surface area contributed by atoms with Crippen LogP contribution < -0.4 is 0 Å². The van der Waals surface area contributed by atoms with Gasteiger partial charge in [-0.3, -0.25) is 4.40 Å². The van der Waals surface area contributed by atoms with Crippen LogP contribution in [-0.4, -0.2) is 27.6 Å². The van der Waals surface area contributed by atoms with Crippen molar-refractivity contribution in [3.63, 3.8) is 0 Å². The number of carbonyl (C=O) groups excluding carboxylic acids is 1. The number of nitrogens with zero attached hydrogens (tertiary/aromatic N) is 2. The standard InChI is InChI=1S/C10H10N2O3/c1-15-10(14)8-3-2-4-9-11-7(6-13)5-12(8)9/h2-5,13H,6H2,1H3. The quantitative estimate of drug-likeness (QED) is 0.731. The van der Waals surface area contributed by atoms with Crippen molar-refractivity contribution >= 4 is 11.6 Å². The van der Waals surface area contributed by atoms with Crippen molar-refractivity contribution in [3.8, 4) is 0 Å². The molecule has 15 heavy (non-hydrogen) atoms. The van der Waals surface area contributed by atoms with Gasteiger partial charge in [-0.25, -0.2) is 9.78 Å². The van der Waals surface area contributed by atoms with Crippen LogP contribution in [0.15, 0.2) is 24.4 Å². The summed E-state index contributed by atoms with van der Waals surface area (Å²) in [5.74, 6) is -0.428. The van der Waals surface area contributed by atoms with Gasteiger partial charge in [0.2, 0.25) is 0 Å². The SMILES string of the molecule is COC(=O)c1cccc2nc(CO)cn12. The smallest absolute Gasteiger partial charge is 0.355 e. The van der Waals surface area contributed by atoms with E-state index in [1.54, 1.807) is 28.8 Å². The number of aliphatic hydroxyl groups excluding tert-OH is 1. The molecule has 0 radical (unpaired) electrons. The van der Waals surface area contributed by atoms with E-state index in [2.05, 4.69) is 9.72 Å². The van der Waals surface area contributed by atoms with Gasteiger partial charge in [0.1, 0.15) is 11.3 Å². The summed E-state index contributed by atoms with van der Waals surface area (Å²) in [5.41, 5.74) is 1.52. The van der Waals surface area contributed by atoms with Gasteiger partial charge in [-0.2, -0.15) is 0 Å². The van der Waals surface area contributed by atoms with Gasteiger partial charge in [0.15, 0.2) is 0 Å². The Morgan fingerprint density at radius 3 is 3.07 bits per heavy atom. The van der Waals surface area contributed by atoms with E-state index in [0.29, 0.717) is 17.0 Å². The summed E-state index contributed by atoms with van der Waals surface area (Å²) >= 11 is 0. The van der Waals surface area contributed by atoms with Crippen LogP contribution in [0, 0.1) is 0 Å². The van der Waals surface area contributed by atoms with Gasteiger partial charge >= 0.3 is 5.97 Å². The second-order valence-corrected chi connectivity index (χ2v) is 3.02. The lowest BCUT2D eigenvalue weighted by molar-refractivity contribution is 0.0592. The Bertz CT molecular complexity index is 504. The van der Waals surface area contributed by atoms with Crippen LogP contribution in [0.3, 0.4) is 0 Å². The fraction of sp³-hybridized carbons (Fsp3) is 0.200. The molecule has 78 valence electrons. The zero-order valence-electron chi connectivity index (χ0n) is 8.17. The molecule has 0 atom stereocenters. The second kappa shape index (κ2) is 3.70. The number of methoxy groups -OCH3 is 1. The van der Waals surface area contributed by atoms with Gasteiger partial charge in [-0.1, -0.05) is 6.07 Å². The number of hydrogen-bond acceptors (Lipinski definition) is 4. The second-order valence-electron chi connectivity index (χ2n) is 3.02. The molecule has 5 heteroatoms.